The van der Waals surface area contributed by atoms with Crippen LogP contribution in [-0.4, -0.2) is 29.9 Å². The lowest BCUT2D eigenvalue weighted by molar-refractivity contribution is -0.132. The van der Waals surface area contributed by atoms with Gasteiger partial charge in [0.1, 0.15) is 0 Å². The predicted molar refractivity (Wildman–Crippen MR) is 69.0 cm³/mol. The molecule has 0 saturated heterocycles. The van der Waals surface area contributed by atoms with E-state index in [9.17, 15) is 9.59 Å². The quantitative estimate of drug-likeness (QED) is 0.829. The predicted octanol–water partition coefficient (Wildman–Crippen LogP) is 2.11. The number of ketones is 1. The first kappa shape index (κ1) is 12.4. The molecule has 1 N–H and O–H groups in total. The standard InChI is InChI=1S/C14H15NO3/c1-10(14(17)18)6-8-15-9-7-13(16)11-4-2-3-5-12(11)15/h2-6H,7-9H2,1H3,(H,17,18). The molecule has 0 aliphatic carbocycles. The van der Waals surface area contributed by atoms with Crippen LogP contribution in [0, 0.1) is 0 Å². The molecule has 2 rings (SSSR count). The van der Waals surface area contributed by atoms with Crippen LogP contribution < -0.4 is 4.90 Å². The average molecular weight is 245 g/mol. The van der Waals surface area contributed by atoms with E-state index in [1.54, 1.807) is 13.0 Å². The third kappa shape index (κ3) is 2.42. The highest BCUT2D eigenvalue weighted by Gasteiger charge is 2.21. The summed E-state index contributed by atoms with van der Waals surface area (Å²) in [5, 5.41) is 8.81. The summed E-state index contributed by atoms with van der Waals surface area (Å²) in [6.45, 7) is 2.73. The maximum atomic E-state index is 11.7. The van der Waals surface area contributed by atoms with Gasteiger partial charge in [-0.2, -0.15) is 0 Å². The van der Waals surface area contributed by atoms with Gasteiger partial charge in [-0.3, -0.25) is 4.79 Å². The van der Waals surface area contributed by atoms with E-state index in [0.717, 1.165) is 11.3 Å². The Bertz CT molecular complexity index is 520. The van der Waals surface area contributed by atoms with Crippen molar-refractivity contribution in [3.8, 4) is 0 Å². The molecular weight excluding hydrogens is 230 g/mol. The Kier molecular flexibility index (Phi) is 3.46. The minimum Gasteiger partial charge on any atom is -0.478 e. The molecule has 4 nitrogen and oxygen atoms in total. The van der Waals surface area contributed by atoms with Crippen LogP contribution >= 0.6 is 0 Å². The summed E-state index contributed by atoms with van der Waals surface area (Å²) >= 11 is 0. The second-order valence-electron chi connectivity index (χ2n) is 4.33. The summed E-state index contributed by atoms with van der Waals surface area (Å²) in [5.41, 5.74) is 1.94. The van der Waals surface area contributed by atoms with Gasteiger partial charge in [0.15, 0.2) is 5.78 Å². The molecule has 0 saturated carbocycles. The zero-order chi connectivity index (χ0) is 13.1. The fraction of sp³-hybridized carbons (Fsp3) is 0.286. The zero-order valence-electron chi connectivity index (χ0n) is 10.2. The molecule has 94 valence electrons. The maximum absolute atomic E-state index is 11.7. The number of hydrogen-bond acceptors (Lipinski definition) is 3. The smallest absolute Gasteiger partial charge is 0.331 e. The van der Waals surface area contributed by atoms with Crippen molar-refractivity contribution >= 4 is 17.4 Å². The number of carboxylic acid groups (broad SMARTS) is 1. The normalized spacial score (nSPS) is 15.5. The molecule has 0 radical (unpaired) electrons. The van der Waals surface area contributed by atoms with Gasteiger partial charge in [0, 0.05) is 36.3 Å². The third-order valence-electron chi connectivity index (χ3n) is 3.11. The number of aliphatic carboxylic acids is 1. The van der Waals surface area contributed by atoms with Gasteiger partial charge in [-0.05, 0) is 19.1 Å². The first-order valence-corrected chi connectivity index (χ1v) is 5.87. The summed E-state index contributed by atoms with van der Waals surface area (Å²) < 4.78 is 0. The van der Waals surface area contributed by atoms with Gasteiger partial charge in [0.05, 0.1) is 0 Å². The molecule has 1 aliphatic rings. The molecule has 0 unspecified atom stereocenters. The number of Topliss-reactive ketones (excluding diaryl/α,β-unsaturated/α-hetero) is 1. The molecule has 1 aliphatic heterocycles. The number of carbonyl (C=O) groups excluding carboxylic acids is 1. The lowest BCUT2D eigenvalue weighted by Crippen LogP contribution is -2.32. The number of para-hydroxylation sites is 1. The fourth-order valence-corrected chi connectivity index (χ4v) is 2.00. The number of fused-ring (bicyclic) bond motifs is 1. The minimum atomic E-state index is -0.906. The van der Waals surface area contributed by atoms with Crippen molar-refractivity contribution < 1.29 is 14.7 Å². The van der Waals surface area contributed by atoms with E-state index >= 15 is 0 Å². The molecular formula is C14H15NO3. The van der Waals surface area contributed by atoms with Gasteiger partial charge in [-0.1, -0.05) is 18.2 Å². The Balaban J connectivity index is 2.22. The van der Waals surface area contributed by atoms with Crippen LogP contribution in [0.25, 0.3) is 0 Å². The second kappa shape index (κ2) is 5.04. The lowest BCUT2D eigenvalue weighted by atomic mass is 10.0. The molecule has 0 fully saturated rings. The van der Waals surface area contributed by atoms with Crippen LogP contribution in [0.15, 0.2) is 35.9 Å². The molecule has 0 atom stereocenters. The van der Waals surface area contributed by atoms with Gasteiger partial charge < -0.3 is 10.0 Å². The van der Waals surface area contributed by atoms with E-state index < -0.39 is 5.97 Å². The summed E-state index contributed by atoms with van der Waals surface area (Å²) in [4.78, 5) is 24.5. The third-order valence-corrected chi connectivity index (χ3v) is 3.11. The van der Waals surface area contributed by atoms with E-state index in [0.29, 0.717) is 25.1 Å². The SMILES string of the molecule is CC(=CCN1CCC(=O)c2ccccc21)C(=O)O. The number of rotatable bonds is 3. The maximum Gasteiger partial charge on any atom is 0.331 e. The van der Waals surface area contributed by atoms with Crippen LogP contribution in [0.1, 0.15) is 23.7 Å². The minimum absolute atomic E-state index is 0.154. The Morgan fingerprint density at radius 2 is 2.17 bits per heavy atom. The van der Waals surface area contributed by atoms with Crippen LogP contribution in [0.5, 0.6) is 0 Å². The number of carboxylic acids is 1. The van der Waals surface area contributed by atoms with Crippen molar-refractivity contribution in [2.24, 2.45) is 0 Å². The van der Waals surface area contributed by atoms with Crippen LogP contribution in [-0.2, 0) is 4.79 Å². The summed E-state index contributed by atoms with van der Waals surface area (Å²) in [5.74, 6) is -0.753. The van der Waals surface area contributed by atoms with Crippen molar-refractivity contribution in [3.05, 3.63) is 41.5 Å². The second-order valence-corrected chi connectivity index (χ2v) is 4.33. The Labute approximate surface area is 106 Å². The molecule has 1 aromatic rings. The fourth-order valence-electron chi connectivity index (χ4n) is 2.00. The molecule has 0 spiro atoms. The highest BCUT2D eigenvalue weighted by molar-refractivity contribution is 6.03. The van der Waals surface area contributed by atoms with E-state index in [4.69, 9.17) is 5.11 Å². The molecule has 0 amide bonds. The zero-order valence-corrected chi connectivity index (χ0v) is 10.2. The van der Waals surface area contributed by atoms with Crippen molar-refractivity contribution in [1.29, 1.82) is 0 Å². The number of anilines is 1. The first-order valence-electron chi connectivity index (χ1n) is 5.87. The van der Waals surface area contributed by atoms with Gasteiger partial charge >= 0.3 is 5.97 Å². The largest absolute Gasteiger partial charge is 0.478 e. The highest BCUT2D eigenvalue weighted by Crippen LogP contribution is 2.26. The topological polar surface area (TPSA) is 57.6 Å². The van der Waals surface area contributed by atoms with Crippen molar-refractivity contribution in [2.45, 2.75) is 13.3 Å². The summed E-state index contributed by atoms with van der Waals surface area (Å²) in [7, 11) is 0. The Morgan fingerprint density at radius 1 is 1.44 bits per heavy atom. The number of carbonyl (C=O) groups is 2. The average Bonchev–Trinajstić information content (AvgIpc) is 2.38. The van der Waals surface area contributed by atoms with E-state index in [1.165, 1.54) is 0 Å². The Hall–Kier alpha value is -2.10. The van der Waals surface area contributed by atoms with Gasteiger partial charge in [-0.25, -0.2) is 4.79 Å². The van der Waals surface area contributed by atoms with Crippen molar-refractivity contribution in [2.75, 3.05) is 18.0 Å². The highest BCUT2D eigenvalue weighted by atomic mass is 16.4. The molecule has 18 heavy (non-hydrogen) atoms. The van der Waals surface area contributed by atoms with E-state index in [1.807, 2.05) is 29.2 Å². The van der Waals surface area contributed by atoms with Gasteiger partial charge in [-0.15, -0.1) is 0 Å². The van der Waals surface area contributed by atoms with E-state index in [2.05, 4.69) is 0 Å². The molecule has 0 aromatic heterocycles. The van der Waals surface area contributed by atoms with Gasteiger partial charge in [0.2, 0.25) is 0 Å². The lowest BCUT2D eigenvalue weighted by Gasteiger charge is -2.29. The summed E-state index contributed by atoms with van der Waals surface area (Å²) in [6, 6.07) is 7.45. The van der Waals surface area contributed by atoms with E-state index in [-0.39, 0.29) is 5.78 Å². The molecule has 1 heterocycles. The molecule has 4 heteroatoms. The van der Waals surface area contributed by atoms with Crippen molar-refractivity contribution in [1.82, 2.24) is 0 Å². The van der Waals surface area contributed by atoms with Crippen LogP contribution in [0.2, 0.25) is 0 Å². The van der Waals surface area contributed by atoms with Crippen LogP contribution in [0.3, 0.4) is 0 Å². The van der Waals surface area contributed by atoms with Crippen molar-refractivity contribution in [3.63, 3.8) is 0 Å². The number of hydrogen-bond donors (Lipinski definition) is 1. The molecule has 1 aromatic carbocycles. The van der Waals surface area contributed by atoms with Gasteiger partial charge in [0.25, 0.3) is 0 Å². The number of benzene rings is 1. The first-order chi connectivity index (χ1) is 8.59. The Morgan fingerprint density at radius 3 is 2.89 bits per heavy atom. The summed E-state index contributed by atoms with van der Waals surface area (Å²) in [6.07, 6.45) is 2.16. The molecule has 0 bridgehead atoms. The van der Waals surface area contributed by atoms with Crippen LogP contribution in [0.4, 0.5) is 5.69 Å². The number of nitrogens with zero attached hydrogens (tertiary/aromatic N) is 1. The monoisotopic (exact) mass is 245 g/mol.